The molecular formula is C16H20F2N2O2. The Hall–Kier alpha value is -1.69. The molecule has 0 aliphatic carbocycles. The summed E-state index contributed by atoms with van der Waals surface area (Å²) in [5, 5.41) is 12.5. The average molecular weight is 310 g/mol. The average Bonchev–Trinajstić information content (AvgIpc) is 3.05. The zero-order valence-corrected chi connectivity index (χ0v) is 12.3. The second kappa shape index (κ2) is 6.20. The van der Waals surface area contributed by atoms with Gasteiger partial charge in [0.2, 0.25) is 0 Å². The molecular weight excluding hydrogens is 290 g/mol. The van der Waals surface area contributed by atoms with Crippen molar-refractivity contribution in [2.75, 3.05) is 19.6 Å². The van der Waals surface area contributed by atoms with Crippen LogP contribution in [0.25, 0.3) is 0 Å². The summed E-state index contributed by atoms with van der Waals surface area (Å²) in [7, 11) is 0. The number of amides is 1. The van der Waals surface area contributed by atoms with E-state index >= 15 is 0 Å². The first-order valence-electron chi connectivity index (χ1n) is 7.77. The first kappa shape index (κ1) is 15.2. The molecule has 6 heteroatoms. The van der Waals surface area contributed by atoms with Crippen LogP contribution in [0.3, 0.4) is 0 Å². The summed E-state index contributed by atoms with van der Waals surface area (Å²) in [5.41, 5.74) is -0.0364. The number of aromatic hydroxyl groups is 1. The van der Waals surface area contributed by atoms with E-state index in [0.29, 0.717) is 12.5 Å². The Morgan fingerprint density at radius 1 is 1.23 bits per heavy atom. The zero-order chi connectivity index (χ0) is 15.7. The van der Waals surface area contributed by atoms with Crippen LogP contribution in [0.1, 0.15) is 36.0 Å². The molecule has 0 aromatic heterocycles. The van der Waals surface area contributed by atoms with Gasteiger partial charge in [-0.25, -0.2) is 8.78 Å². The molecule has 1 amide bonds. The molecule has 0 radical (unpaired) electrons. The number of phenolic OH excluding ortho intramolecular Hbond substituents is 1. The molecule has 2 aliphatic rings. The van der Waals surface area contributed by atoms with Crippen molar-refractivity contribution in [2.24, 2.45) is 5.92 Å². The standard InChI is InChI=1S/C16H20F2N2O2/c17-12-7-11(8-13(18)15(12)21)16(22)20-6-2-1-3-14(20)10-4-5-19-9-10/h7-8,10,14,19,21H,1-6,9H2. The zero-order valence-electron chi connectivity index (χ0n) is 12.3. The topological polar surface area (TPSA) is 52.6 Å². The van der Waals surface area contributed by atoms with Gasteiger partial charge >= 0.3 is 0 Å². The maximum absolute atomic E-state index is 13.5. The molecule has 2 fully saturated rings. The minimum absolute atomic E-state index is 0.0364. The second-order valence-corrected chi connectivity index (χ2v) is 6.10. The fourth-order valence-electron chi connectivity index (χ4n) is 3.56. The van der Waals surface area contributed by atoms with Gasteiger partial charge in [0.15, 0.2) is 17.4 Å². The predicted octanol–water partition coefficient (Wildman–Crippen LogP) is 2.27. The summed E-state index contributed by atoms with van der Waals surface area (Å²) in [5.74, 6) is -3.18. The van der Waals surface area contributed by atoms with Crippen molar-refractivity contribution < 1.29 is 18.7 Å². The number of hydrogen-bond donors (Lipinski definition) is 2. The predicted molar refractivity (Wildman–Crippen MR) is 77.7 cm³/mol. The maximum Gasteiger partial charge on any atom is 0.254 e. The van der Waals surface area contributed by atoms with Gasteiger partial charge in [-0.15, -0.1) is 0 Å². The van der Waals surface area contributed by atoms with Gasteiger partial charge in [0.1, 0.15) is 0 Å². The van der Waals surface area contributed by atoms with E-state index in [4.69, 9.17) is 5.11 Å². The van der Waals surface area contributed by atoms with Gasteiger partial charge in [-0.3, -0.25) is 4.79 Å². The van der Waals surface area contributed by atoms with Crippen LogP contribution in [0.4, 0.5) is 8.78 Å². The van der Waals surface area contributed by atoms with Crippen LogP contribution in [0.15, 0.2) is 12.1 Å². The smallest absolute Gasteiger partial charge is 0.254 e. The van der Waals surface area contributed by atoms with Crippen molar-refractivity contribution in [1.29, 1.82) is 0 Å². The Balaban J connectivity index is 1.85. The van der Waals surface area contributed by atoms with Crippen LogP contribution in [0, 0.1) is 17.6 Å². The number of halogens is 2. The van der Waals surface area contributed by atoms with Crippen molar-refractivity contribution in [3.05, 3.63) is 29.3 Å². The number of hydrogen-bond acceptors (Lipinski definition) is 3. The minimum atomic E-state index is -1.10. The molecule has 0 spiro atoms. The fraction of sp³-hybridized carbons (Fsp3) is 0.562. The third-order valence-corrected chi connectivity index (χ3v) is 4.72. The van der Waals surface area contributed by atoms with Gasteiger partial charge in [-0.05, 0) is 56.8 Å². The number of carbonyl (C=O) groups excluding carboxylic acids is 1. The van der Waals surface area contributed by atoms with Crippen LogP contribution in [0.2, 0.25) is 0 Å². The molecule has 2 N–H and O–H groups in total. The quantitative estimate of drug-likeness (QED) is 0.881. The van der Waals surface area contributed by atoms with E-state index in [-0.39, 0.29) is 17.5 Å². The van der Waals surface area contributed by atoms with Crippen LogP contribution < -0.4 is 5.32 Å². The molecule has 2 aliphatic heterocycles. The molecule has 2 saturated heterocycles. The maximum atomic E-state index is 13.5. The lowest BCUT2D eigenvalue weighted by molar-refractivity contribution is 0.0529. The molecule has 0 saturated carbocycles. The molecule has 1 aromatic carbocycles. The van der Waals surface area contributed by atoms with E-state index in [2.05, 4.69) is 5.32 Å². The Morgan fingerprint density at radius 2 is 1.95 bits per heavy atom. The highest BCUT2D eigenvalue weighted by atomic mass is 19.1. The largest absolute Gasteiger partial charge is 0.503 e. The van der Waals surface area contributed by atoms with Crippen molar-refractivity contribution in [3.63, 3.8) is 0 Å². The van der Waals surface area contributed by atoms with Crippen LogP contribution in [-0.2, 0) is 0 Å². The Morgan fingerprint density at radius 3 is 2.59 bits per heavy atom. The fourth-order valence-corrected chi connectivity index (χ4v) is 3.56. The summed E-state index contributed by atoms with van der Waals surface area (Å²) >= 11 is 0. The van der Waals surface area contributed by atoms with E-state index in [1.165, 1.54) is 0 Å². The number of phenols is 1. The SMILES string of the molecule is O=C(c1cc(F)c(O)c(F)c1)N1CCCCC1C1CCNC1. The van der Waals surface area contributed by atoms with Crippen LogP contribution in [-0.4, -0.2) is 41.6 Å². The lowest BCUT2D eigenvalue weighted by Crippen LogP contribution is -2.48. The van der Waals surface area contributed by atoms with Crippen molar-refractivity contribution in [2.45, 2.75) is 31.7 Å². The summed E-state index contributed by atoms with van der Waals surface area (Å²) in [6.45, 7) is 2.45. The molecule has 2 heterocycles. The minimum Gasteiger partial charge on any atom is -0.503 e. The van der Waals surface area contributed by atoms with Crippen molar-refractivity contribution in [3.8, 4) is 5.75 Å². The summed E-state index contributed by atoms with van der Waals surface area (Å²) in [6.07, 6.45) is 3.93. The molecule has 22 heavy (non-hydrogen) atoms. The normalized spacial score (nSPS) is 25.5. The van der Waals surface area contributed by atoms with E-state index in [0.717, 1.165) is 50.9 Å². The molecule has 2 unspecified atom stereocenters. The molecule has 120 valence electrons. The number of carbonyl (C=O) groups is 1. The Bertz CT molecular complexity index is 550. The highest BCUT2D eigenvalue weighted by Gasteiger charge is 2.35. The third-order valence-electron chi connectivity index (χ3n) is 4.72. The van der Waals surface area contributed by atoms with E-state index in [1.54, 1.807) is 4.90 Å². The Labute approximate surface area is 128 Å². The van der Waals surface area contributed by atoms with Gasteiger partial charge in [0, 0.05) is 18.2 Å². The highest BCUT2D eigenvalue weighted by molar-refractivity contribution is 5.94. The van der Waals surface area contributed by atoms with E-state index in [9.17, 15) is 13.6 Å². The van der Waals surface area contributed by atoms with Gasteiger partial charge in [0.05, 0.1) is 0 Å². The van der Waals surface area contributed by atoms with Gasteiger partial charge < -0.3 is 15.3 Å². The van der Waals surface area contributed by atoms with E-state index < -0.39 is 17.4 Å². The van der Waals surface area contributed by atoms with Crippen molar-refractivity contribution in [1.82, 2.24) is 10.2 Å². The number of benzene rings is 1. The van der Waals surface area contributed by atoms with Crippen molar-refractivity contribution >= 4 is 5.91 Å². The Kier molecular flexibility index (Phi) is 4.29. The monoisotopic (exact) mass is 310 g/mol. The molecule has 4 nitrogen and oxygen atoms in total. The first-order chi connectivity index (χ1) is 10.6. The lowest BCUT2D eigenvalue weighted by atomic mass is 9.89. The highest BCUT2D eigenvalue weighted by Crippen LogP contribution is 2.29. The van der Waals surface area contributed by atoms with Gasteiger partial charge in [-0.1, -0.05) is 0 Å². The summed E-state index contributed by atoms with van der Waals surface area (Å²) in [4.78, 5) is 14.4. The van der Waals surface area contributed by atoms with Gasteiger partial charge in [0.25, 0.3) is 5.91 Å². The molecule has 2 atom stereocenters. The van der Waals surface area contributed by atoms with Gasteiger partial charge in [-0.2, -0.15) is 0 Å². The number of nitrogens with zero attached hydrogens (tertiary/aromatic N) is 1. The summed E-state index contributed by atoms with van der Waals surface area (Å²) < 4.78 is 27.0. The second-order valence-electron chi connectivity index (χ2n) is 6.10. The number of rotatable bonds is 2. The number of piperidine rings is 1. The molecule has 1 aromatic rings. The first-order valence-corrected chi connectivity index (χ1v) is 7.77. The van der Waals surface area contributed by atoms with E-state index in [1.807, 2.05) is 0 Å². The molecule has 0 bridgehead atoms. The van der Waals surface area contributed by atoms with Crippen LogP contribution in [0.5, 0.6) is 5.75 Å². The van der Waals surface area contributed by atoms with Crippen LogP contribution >= 0.6 is 0 Å². The molecule has 3 rings (SSSR count). The number of likely N-dealkylation sites (tertiary alicyclic amines) is 1. The summed E-state index contributed by atoms with van der Waals surface area (Å²) in [6, 6.07) is 1.95. The lowest BCUT2D eigenvalue weighted by Gasteiger charge is -2.39. The number of nitrogens with one attached hydrogen (secondary N) is 1. The third kappa shape index (κ3) is 2.79.